The van der Waals surface area contributed by atoms with Crippen LogP contribution in [0.2, 0.25) is 0 Å². The van der Waals surface area contributed by atoms with Crippen LogP contribution in [0.25, 0.3) is 16.5 Å². The highest BCUT2D eigenvalue weighted by Crippen LogP contribution is 2.36. The maximum atomic E-state index is 14.6. The Kier molecular flexibility index (Phi) is 4.60. The molecule has 1 aromatic heterocycles. The second-order valence-corrected chi connectivity index (χ2v) is 6.03. The molecule has 10 heteroatoms. The second-order valence-electron chi connectivity index (χ2n) is 6.03. The lowest BCUT2D eigenvalue weighted by Gasteiger charge is -2.25. The standard InChI is InChI=1S/C17H16F4N6/c18-11-3-12(24)8(4-22)13-7-1-2-26-6-10(7)14(27-15(11)13)9(5-23)16(25)17(19,20)21/h3-5,22,25-26H,1-2,6,23-24H2/b9-5-,22-4?,25-16?. The van der Waals surface area contributed by atoms with Crippen LogP contribution in [0.1, 0.15) is 22.4 Å². The lowest BCUT2D eigenvalue weighted by atomic mass is 9.89. The van der Waals surface area contributed by atoms with Crippen molar-refractivity contribution in [2.24, 2.45) is 5.73 Å². The fraction of sp³-hybridized carbons (Fsp3) is 0.235. The number of benzene rings is 1. The van der Waals surface area contributed by atoms with E-state index in [2.05, 4.69) is 10.3 Å². The number of aromatic nitrogens is 1. The van der Waals surface area contributed by atoms with Crippen LogP contribution in [0, 0.1) is 16.6 Å². The predicted molar refractivity (Wildman–Crippen MR) is 95.4 cm³/mol. The Balaban J connectivity index is 2.43. The van der Waals surface area contributed by atoms with Gasteiger partial charge in [-0.25, -0.2) is 9.37 Å². The van der Waals surface area contributed by atoms with Crippen molar-refractivity contribution >= 4 is 34.1 Å². The average molecular weight is 380 g/mol. The summed E-state index contributed by atoms with van der Waals surface area (Å²) in [6.45, 7) is 0.682. The molecule has 0 aliphatic carbocycles. The van der Waals surface area contributed by atoms with Gasteiger partial charge in [0.05, 0.1) is 5.69 Å². The first-order valence-corrected chi connectivity index (χ1v) is 7.93. The Hall–Kier alpha value is -3.01. The van der Waals surface area contributed by atoms with Gasteiger partial charge in [0.25, 0.3) is 0 Å². The van der Waals surface area contributed by atoms with Crippen molar-refractivity contribution in [3.8, 4) is 0 Å². The van der Waals surface area contributed by atoms with Crippen molar-refractivity contribution in [1.82, 2.24) is 10.3 Å². The highest BCUT2D eigenvalue weighted by atomic mass is 19.4. The van der Waals surface area contributed by atoms with E-state index in [-0.39, 0.29) is 29.0 Å². The van der Waals surface area contributed by atoms with Gasteiger partial charge >= 0.3 is 6.18 Å². The van der Waals surface area contributed by atoms with E-state index in [0.717, 1.165) is 12.3 Å². The van der Waals surface area contributed by atoms with E-state index in [1.54, 1.807) is 0 Å². The molecule has 1 aliphatic rings. The molecule has 142 valence electrons. The fourth-order valence-corrected chi connectivity index (χ4v) is 3.27. The third-order valence-electron chi connectivity index (χ3n) is 4.47. The normalized spacial score (nSPS) is 14.9. The Morgan fingerprint density at radius 3 is 2.59 bits per heavy atom. The summed E-state index contributed by atoms with van der Waals surface area (Å²) in [7, 11) is 0. The summed E-state index contributed by atoms with van der Waals surface area (Å²) in [5.74, 6) is -0.814. The van der Waals surface area contributed by atoms with Crippen LogP contribution in [0.15, 0.2) is 12.3 Å². The third-order valence-corrected chi connectivity index (χ3v) is 4.47. The van der Waals surface area contributed by atoms with Gasteiger partial charge in [0.15, 0.2) is 5.82 Å². The van der Waals surface area contributed by atoms with E-state index in [1.807, 2.05) is 0 Å². The second kappa shape index (κ2) is 6.62. The smallest absolute Gasteiger partial charge is 0.404 e. The molecule has 27 heavy (non-hydrogen) atoms. The highest BCUT2D eigenvalue weighted by molar-refractivity contribution is 6.25. The van der Waals surface area contributed by atoms with Crippen LogP contribution in [-0.4, -0.2) is 29.6 Å². The number of nitrogens with zero attached hydrogens (tertiary/aromatic N) is 1. The number of nitrogen functional groups attached to an aromatic ring is 1. The molecule has 2 heterocycles. The molecule has 0 radical (unpaired) electrons. The van der Waals surface area contributed by atoms with Gasteiger partial charge in [-0.1, -0.05) is 0 Å². The van der Waals surface area contributed by atoms with Crippen LogP contribution in [-0.2, 0) is 13.0 Å². The maximum absolute atomic E-state index is 14.6. The highest BCUT2D eigenvalue weighted by Gasteiger charge is 2.39. The van der Waals surface area contributed by atoms with Crippen LogP contribution in [0.4, 0.5) is 23.2 Å². The molecule has 6 nitrogen and oxygen atoms in total. The van der Waals surface area contributed by atoms with Gasteiger partial charge < -0.3 is 22.2 Å². The lowest BCUT2D eigenvalue weighted by molar-refractivity contribution is -0.0578. The fourth-order valence-electron chi connectivity index (χ4n) is 3.27. The number of nitrogens with two attached hydrogens (primary N) is 2. The van der Waals surface area contributed by atoms with Crippen molar-refractivity contribution < 1.29 is 17.6 Å². The monoisotopic (exact) mass is 380 g/mol. The number of hydrogen-bond acceptors (Lipinski definition) is 6. The van der Waals surface area contributed by atoms with Crippen LogP contribution >= 0.6 is 0 Å². The minimum Gasteiger partial charge on any atom is -0.404 e. The van der Waals surface area contributed by atoms with Gasteiger partial charge in [0.1, 0.15) is 11.2 Å². The molecule has 0 saturated heterocycles. The summed E-state index contributed by atoms with van der Waals surface area (Å²) in [5.41, 5.74) is 9.74. The topological polar surface area (TPSA) is 125 Å². The van der Waals surface area contributed by atoms with Crippen molar-refractivity contribution in [1.29, 1.82) is 10.8 Å². The summed E-state index contributed by atoms with van der Waals surface area (Å²) < 4.78 is 53.8. The number of anilines is 1. The molecule has 1 aliphatic heterocycles. The molecule has 1 aromatic carbocycles. The minimum absolute atomic E-state index is 0.0444. The lowest BCUT2D eigenvalue weighted by Crippen LogP contribution is -2.29. The number of alkyl halides is 3. The van der Waals surface area contributed by atoms with Gasteiger partial charge in [-0.05, 0) is 30.2 Å². The van der Waals surface area contributed by atoms with Crippen LogP contribution in [0.5, 0.6) is 0 Å². The number of nitrogens with one attached hydrogen (secondary N) is 3. The quantitative estimate of drug-likeness (QED) is 0.319. The number of pyridine rings is 1. The summed E-state index contributed by atoms with van der Waals surface area (Å²) >= 11 is 0. The molecule has 0 amide bonds. The summed E-state index contributed by atoms with van der Waals surface area (Å²) in [6, 6.07) is 0.980. The van der Waals surface area contributed by atoms with E-state index < -0.39 is 23.3 Å². The van der Waals surface area contributed by atoms with Gasteiger partial charge in [0, 0.05) is 41.2 Å². The minimum atomic E-state index is -4.93. The number of hydrogen-bond donors (Lipinski definition) is 5. The van der Waals surface area contributed by atoms with Gasteiger partial charge in [-0.3, -0.25) is 5.41 Å². The molecule has 0 fully saturated rings. The van der Waals surface area contributed by atoms with E-state index in [1.165, 1.54) is 0 Å². The molecule has 0 atom stereocenters. The Morgan fingerprint density at radius 2 is 2.00 bits per heavy atom. The molecule has 0 unspecified atom stereocenters. The van der Waals surface area contributed by atoms with E-state index in [0.29, 0.717) is 35.7 Å². The SMILES string of the molecule is N=Cc1c(N)cc(F)c2nc(/C(=C/N)C(=N)C(F)(F)F)c3c(c12)CCNC3. The number of halogens is 4. The summed E-state index contributed by atoms with van der Waals surface area (Å²) in [4.78, 5) is 4.08. The molecule has 0 saturated carbocycles. The first-order valence-electron chi connectivity index (χ1n) is 7.93. The van der Waals surface area contributed by atoms with Crippen molar-refractivity contribution in [3.63, 3.8) is 0 Å². The zero-order valence-corrected chi connectivity index (χ0v) is 14.0. The Labute approximate surface area is 151 Å². The van der Waals surface area contributed by atoms with Crippen molar-refractivity contribution in [2.75, 3.05) is 12.3 Å². The average Bonchev–Trinajstić information content (AvgIpc) is 2.62. The van der Waals surface area contributed by atoms with Gasteiger partial charge in [0.2, 0.25) is 0 Å². The zero-order chi connectivity index (χ0) is 19.9. The summed E-state index contributed by atoms with van der Waals surface area (Å²) in [6.07, 6.45) is -2.93. The molecule has 2 aromatic rings. The predicted octanol–water partition coefficient (Wildman–Crippen LogP) is 2.48. The van der Waals surface area contributed by atoms with Crippen LogP contribution < -0.4 is 16.8 Å². The number of rotatable bonds is 3. The van der Waals surface area contributed by atoms with E-state index >= 15 is 0 Å². The van der Waals surface area contributed by atoms with Crippen LogP contribution in [0.3, 0.4) is 0 Å². The molecular weight excluding hydrogens is 364 g/mol. The van der Waals surface area contributed by atoms with Gasteiger partial charge in [-0.2, -0.15) is 13.2 Å². The van der Waals surface area contributed by atoms with Crippen molar-refractivity contribution in [3.05, 3.63) is 40.5 Å². The molecule has 0 bridgehead atoms. The van der Waals surface area contributed by atoms with E-state index in [9.17, 15) is 17.6 Å². The molecule has 0 spiro atoms. The third kappa shape index (κ3) is 3.01. The first-order chi connectivity index (χ1) is 12.7. The zero-order valence-electron chi connectivity index (χ0n) is 14.0. The number of fused-ring (bicyclic) bond motifs is 3. The Morgan fingerprint density at radius 1 is 1.30 bits per heavy atom. The van der Waals surface area contributed by atoms with E-state index in [4.69, 9.17) is 22.3 Å². The van der Waals surface area contributed by atoms with Gasteiger partial charge in [-0.15, -0.1) is 0 Å². The molecule has 7 N–H and O–H groups in total. The molecular formula is C17H16F4N6. The molecule has 3 rings (SSSR count). The maximum Gasteiger partial charge on any atom is 0.433 e. The Bertz CT molecular complexity index is 994. The largest absolute Gasteiger partial charge is 0.433 e. The summed E-state index contributed by atoms with van der Waals surface area (Å²) in [5, 5.41) is 18.4. The number of allylic oxidation sites excluding steroid dienone is 1. The first kappa shape index (κ1) is 18.8. The van der Waals surface area contributed by atoms with Crippen molar-refractivity contribution in [2.45, 2.75) is 19.1 Å².